The molecule has 1 aliphatic heterocycles. The first-order valence-electron chi connectivity index (χ1n) is 12.3. The van der Waals surface area contributed by atoms with Gasteiger partial charge in [0.1, 0.15) is 6.61 Å². The van der Waals surface area contributed by atoms with Crippen molar-refractivity contribution in [2.45, 2.75) is 102 Å². The molecule has 7 heteroatoms. The first kappa shape index (κ1) is 26.5. The second kappa shape index (κ2) is 8.81. The number of nitrogens with zero attached hydrogens (tertiary/aromatic N) is 1. The monoisotopic (exact) mass is 472 g/mol. The van der Waals surface area contributed by atoms with Crippen LogP contribution < -0.4 is 5.46 Å². The Bertz CT molecular complexity index is 887. The first-order chi connectivity index (χ1) is 15.0. The maximum Gasteiger partial charge on any atom is 0.331 e. The van der Waals surface area contributed by atoms with Gasteiger partial charge in [0, 0.05) is 18.5 Å². The van der Waals surface area contributed by atoms with Gasteiger partial charge in [0.2, 0.25) is 5.91 Å². The number of rotatable bonds is 7. The molecule has 0 aromatic heterocycles. The standard InChI is InChI=1S/C26H43BNO4Si/c1-23(2,3)33(8,9)31-17-22(29)28-16-15-26(18-28)14-13-19-20(26)11-10-12-21(19)27-32-25(6,7)24(4,5)30/h10-12,30H,13-18H2,1-9H3. The van der Waals surface area contributed by atoms with Crippen molar-refractivity contribution < 1.29 is 19.0 Å². The Morgan fingerprint density at radius 3 is 2.42 bits per heavy atom. The van der Waals surface area contributed by atoms with Crippen LogP contribution in [0.3, 0.4) is 0 Å². The van der Waals surface area contributed by atoms with Gasteiger partial charge in [-0.2, -0.15) is 0 Å². The summed E-state index contributed by atoms with van der Waals surface area (Å²) in [6.45, 7) is 20.1. The highest BCUT2D eigenvalue weighted by molar-refractivity contribution is 6.74. The van der Waals surface area contributed by atoms with Crippen LogP contribution in [0.4, 0.5) is 0 Å². The molecular weight excluding hydrogens is 429 g/mol. The van der Waals surface area contributed by atoms with E-state index in [0.717, 1.165) is 37.8 Å². The average molecular weight is 473 g/mol. The molecule has 2 aliphatic rings. The predicted molar refractivity (Wildman–Crippen MR) is 138 cm³/mol. The zero-order valence-electron chi connectivity index (χ0n) is 22.2. The van der Waals surface area contributed by atoms with E-state index in [9.17, 15) is 9.90 Å². The summed E-state index contributed by atoms with van der Waals surface area (Å²) >= 11 is 0. The van der Waals surface area contributed by atoms with Crippen LogP contribution in [0.2, 0.25) is 18.1 Å². The van der Waals surface area contributed by atoms with Crippen LogP contribution in [0.5, 0.6) is 0 Å². The van der Waals surface area contributed by atoms with Gasteiger partial charge in [0.15, 0.2) is 8.32 Å². The summed E-state index contributed by atoms with van der Waals surface area (Å²) in [4.78, 5) is 15.0. The molecule has 1 amide bonds. The molecule has 1 radical (unpaired) electrons. The maximum absolute atomic E-state index is 13.0. The lowest BCUT2D eigenvalue weighted by molar-refractivity contribution is -0.132. The summed E-state index contributed by atoms with van der Waals surface area (Å²) in [7, 11) is -0.139. The highest BCUT2D eigenvalue weighted by Gasteiger charge is 2.46. The summed E-state index contributed by atoms with van der Waals surface area (Å²) in [5, 5.41) is 10.5. The lowest BCUT2D eigenvalue weighted by Gasteiger charge is -2.37. The predicted octanol–water partition coefficient (Wildman–Crippen LogP) is 3.94. The van der Waals surface area contributed by atoms with E-state index in [0.29, 0.717) is 0 Å². The van der Waals surface area contributed by atoms with Crippen molar-refractivity contribution in [3.8, 4) is 0 Å². The summed E-state index contributed by atoms with van der Waals surface area (Å²) in [6.07, 6.45) is 3.02. The second-order valence-electron chi connectivity index (χ2n) is 12.6. The number of aliphatic hydroxyl groups is 1. The maximum atomic E-state index is 13.0. The minimum Gasteiger partial charge on any atom is -0.427 e. The Kier molecular flexibility index (Phi) is 7.07. The van der Waals surface area contributed by atoms with E-state index in [1.54, 1.807) is 21.3 Å². The summed E-state index contributed by atoms with van der Waals surface area (Å²) in [5.74, 6) is 0.114. The quantitative estimate of drug-likeness (QED) is 0.611. The normalized spacial score (nSPS) is 21.6. The lowest BCUT2D eigenvalue weighted by atomic mass is 9.76. The zero-order chi connectivity index (χ0) is 24.9. The number of carbonyl (C=O) groups is 1. The number of fused-ring (bicyclic) bond motifs is 2. The van der Waals surface area contributed by atoms with E-state index in [4.69, 9.17) is 9.08 Å². The van der Waals surface area contributed by atoms with E-state index in [2.05, 4.69) is 52.1 Å². The van der Waals surface area contributed by atoms with Gasteiger partial charge in [-0.15, -0.1) is 0 Å². The number of hydrogen-bond acceptors (Lipinski definition) is 4. The minimum atomic E-state index is -1.95. The third-order valence-electron chi connectivity index (χ3n) is 8.66. The van der Waals surface area contributed by atoms with Gasteiger partial charge in [-0.1, -0.05) is 44.4 Å². The highest BCUT2D eigenvalue weighted by Crippen LogP contribution is 2.45. The molecular formula is C26H43BNO4Si. The van der Waals surface area contributed by atoms with Gasteiger partial charge in [-0.05, 0) is 76.2 Å². The van der Waals surface area contributed by atoms with E-state index in [1.165, 1.54) is 11.1 Å². The second-order valence-corrected chi connectivity index (χ2v) is 17.4. The fraction of sp³-hybridized carbons (Fsp3) is 0.731. The van der Waals surface area contributed by atoms with Gasteiger partial charge >= 0.3 is 7.48 Å². The molecule has 1 fully saturated rings. The van der Waals surface area contributed by atoms with Crippen molar-refractivity contribution in [3.05, 3.63) is 29.3 Å². The van der Waals surface area contributed by atoms with Crippen LogP contribution in [0.25, 0.3) is 0 Å². The van der Waals surface area contributed by atoms with Crippen LogP contribution in [0, 0.1) is 0 Å². The average Bonchev–Trinajstić information content (AvgIpc) is 3.28. The van der Waals surface area contributed by atoms with E-state index in [-0.39, 0.29) is 23.0 Å². The van der Waals surface area contributed by atoms with Crippen molar-refractivity contribution in [2.24, 2.45) is 0 Å². The molecule has 1 unspecified atom stereocenters. The molecule has 33 heavy (non-hydrogen) atoms. The molecule has 1 aromatic carbocycles. The third kappa shape index (κ3) is 5.26. The van der Waals surface area contributed by atoms with Gasteiger partial charge in [0.05, 0.1) is 11.2 Å². The van der Waals surface area contributed by atoms with Crippen LogP contribution in [-0.2, 0) is 25.7 Å². The fourth-order valence-corrected chi connectivity index (χ4v) is 5.32. The Labute approximate surface area is 202 Å². The number of benzene rings is 1. The van der Waals surface area contributed by atoms with E-state index >= 15 is 0 Å². The van der Waals surface area contributed by atoms with Crippen LogP contribution >= 0.6 is 0 Å². The van der Waals surface area contributed by atoms with E-state index in [1.807, 2.05) is 18.7 Å². The SMILES string of the molecule is CC(C)(O)C(C)(C)O[B]c1cccc2c1CCC21CCN(C(=O)CO[Si](C)(C)C(C)(C)C)C1. The van der Waals surface area contributed by atoms with Gasteiger partial charge in [0.25, 0.3) is 0 Å². The van der Waals surface area contributed by atoms with E-state index < -0.39 is 19.5 Å². The summed E-state index contributed by atoms with van der Waals surface area (Å²) in [5.41, 5.74) is 2.11. The molecule has 5 nitrogen and oxygen atoms in total. The number of hydrogen-bond donors (Lipinski definition) is 1. The number of carbonyl (C=O) groups excluding carboxylic acids is 1. The Balaban J connectivity index is 1.69. The van der Waals surface area contributed by atoms with Crippen molar-refractivity contribution in [3.63, 3.8) is 0 Å². The minimum absolute atomic E-state index is 0.0254. The molecule has 1 saturated heterocycles. The molecule has 1 atom stereocenters. The smallest absolute Gasteiger partial charge is 0.331 e. The van der Waals surface area contributed by atoms with Crippen LogP contribution in [0.1, 0.15) is 72.4 Å². The van der Waals surface area contributed by atoms with Gasteiger partial charge in [-0.25, -0.2) is 0 Å². The third-order valence-corrected chi connectivity index (χ3v) is 13.1. The molecule has 1 heterocycles. The van der Waals surface area contributed by atoms with Crippen molar-refractivity contribution in [1.82, 2.24) is 4.90 Å². The summed E-state index contributed by atoms with van der Waals surface area (Å²) < 4.78 is 12.3. The Hall–Kier alpha value is -1.15. The Morgan fingerprint density at radius 1 is 1.15 bits per heavy atom. The molecule has 183 valence electrons. The zero-order valence-corrected chi connectivity index (χ0v) is 23.2. The Morgan fingerprint density at radius 2 is 1.82 bits per heavy atom. The summed E-state index contributed by atoms with van der Waals surface area (Å²) in [6, 6.07) is 6.40. The molecule has 1 N–H and O–H groups in total. The molecule has 3 rings (SSSR count). The molecule has 1 aliphatic carbocycles. The van der Waals surface area contributed by atoms with Gasteiger partial charge < -0.3 is 19.1 Å². The van der Waals surface area contributed by atoms with Gasteiger partial charge in [-0.3, -0.25) is 4.79 Å². The van der Waals surface area contributed by atoms with Crippen molar-refractivity contribution in [1.29, 1.82) is 0 Å². The largest absolute Gasteiger partial charge is 0.427 e. The lowest BCUT2D eigenvalue weighted by Crippen LogP contribution is -2.49. The fourth-order valence-electron chi connectivity index (χ4n) is 4.40. The molecule has 1 spiro atoms. The number of likely N-dealkylation sites (tertiary alicyclic amines) is 1. The highest BCUT2D eigenvalue weighted by atomic mass is 28.4. The molecule has 1 aromatic rings. The topological polar surface area (TPSA) is 59.0 Å². The first-order valence-corrected chi connectivity index (χ1v) is 15.2. The molecule has 0 saturated carbocycles. The van der Waals surface area contributed by atoms with Crippen LogP contribution in [-0.4, -0.2) is 62.6 Å². The number of amides is 1. The van der Waals surface area contributed by atoms with Crippen molar-refractivity contribution >= 4 is 27.2 Å². The molecule has 0 bridgehead atoms. The van der Waals surface area contributed by atoms with Crippen LogP contribution in [0.15, 0.2) is 18.2 Å². The van der Waals surface area contributed by atoms with Crippen molar-refractivity contribution in [2.75, 3.05) is 19.7 Å².